The van der Waals surface area contributed by atoms with Gasteiger partial charge in [-0.2, -0.15) is 0 Å². The predicted octanol–water partition coefficient (Wildman–Crippen LogP) is 2.02. The Balaban J connectivity index is 1.73. The van der Waals surface area contributed by atoms with E-state index in [1.165, 1.54) is 20.0 Å². The fourth-order valence-electron chi connectivity index (χ4n) is 3.15. The first-order valence-electron chi connectivity index (χ1n) is 7.09. The normalized spacial score (nSPS) is 28.9. The molecule has 2 aliphatic rings. The van der Waals surface area contributed by atoms with Gasteiger partial charge >= 0.3 is 5.97 Å². The van der Waals surface area contributed by atoms with Crippen molar-refractivity contribution in [2.75, 3.05) is 7.11 Å². The van der Waals surface area contributed by atoms with Crippen LogP contribution in [0.4, 0.5) is 0 Å². The van der Waals surface area contributed by atoms with Crippen molar-refractivity contribution in [2.24, 2.45) is 11.8 Å². The lowest BCUT2D eigenvalue weighted by Crippen LogP contribution is -2.41. The maximum absolute atomic E-state index is 12.0. The molecule has 0 aromatic rings. The summed E-state index contributed by atoms with van der Waals surface area (Å²) in [6, 6.07) is 0.263. The summed E-state index contributed by atoms with van der Waals surface area (Å²) in [5, 5.41) is 3.15. The van der Waals surface area contributed by atoms with Crippen LogP contribution < -0.4 is 5.32 Å². The van der Waals surface area contributed by atoms with Crippen molar-refractivity contribution in [1.82, 2.24) is 5.32 Å². The minimum Gasteiger partial charge on any atom is -0.469 e. The molecule has 0 heterocycles. The molecule has 0 atom stereocenters. The zero-order valence-corrected chi connectivity index (χ0v) is 11.1. The highest BCUT2D eigenvalue weighted by Gasteiger charge is 2.29. The van der Waals surface area contributed by atoms with Crippen molar-refractivity contribution in [2.45, 2.75) is 57.4 Å². The quantitative estimate of drug-likeness (QED) is 0.783. The molecule has 4 heteroatoms. The summed E-state index contributed by atoms with van der Waals surface area (Å²) in [5.41, 5.74) is 0. The van der Waals surface area contributed by atoms with Gasteiger partial charge in [-0.1, -0.05) is 12.8 Å². The number of amides is 1. The second-order valence-electron chi connectivity index (χ2n) is 5.56. The fourth-order valence-corrected chi connectivity index (χ4v) is 3.15. The zero-order chi connectivity index (χ0) is 13.0. The summed E-state index contributed by atoms with van der Waals surface area (Å²) < 4.78 is 4.76. The Morgan fingerprint density at radius 3 is 2.11 bits per heavy atom. The van der Waals surface area contributed by atoms with Crippen molar-refractivity contribution in [3.63, 3.8) is 0 Å². The molecular weight excluding hydrogens is 230 g/mol. The number of rotatable bonds is 3. The van der Waals surface area contributed by atoms with Crippen molar-refractivity contribution >= 4 is 11.9 Å². The predicted molar refractivity (Wildman–Crippen MR) is 67.9 cm³/mol. The maximum atomic E-state index is 12.0. The van der Waals surface area contributed by atoms with Gasteiger partial charge in [0, 0.05) is 12.0 Å². The number of ether oxygens (including phenoxy) is 1. The molecule has 1 N–H and O–H groups in total. The maximum Gasteiger partial charge on any atom is 0.308 e. The number of hydrogen-bond acceptors (Lipinski definition) is 3. The van der Waals surface area contributed by atoms with Crippen LogP contribution in [-0.2, 0) is 14.3 Å². The van der Waals surface area contributed by atoms with E-state index < -0.39 is 0 Å². The van der Waals surface area contributed by atoms with Gasteiger partial charge in [-0.15, -0.1) is 0 Å². The van der Waals surface area contributed by atoms with Gasteiger partial charge in [-0.25, -0.2) is 0 Å². The summed E-state index contributed by atoms with van der Waals surface area (Å²) in [4.78, 5) is 23.4. The summed E-state index contributed by atoms with van der Waals surface area (Å²) in [5.74, 6) is 0.405. The highest BCUT2D eigenvalue weighted by atomic mass is 16.5. The number of carbonyl (C=O) groups is 2. The van der Waals surface area contributed by atoms with E-state index in [-0.39, 0.29) is 29.8 Å². The van der Waals surface area contributed by atoms with Gasteiger partial charge in [0.1, 0.15) is 0 Å². The van der Waals surface area contributed by atoms with E-state index in [4.69, 9.17) is 4.74 Å². The van der Waals surface area contributed by atoms with E-state index in [1.54, 1.807) is 0 Å². The van der Waals surface area contributed by atoms with Crippen LogP contribution in [0.2, 0.25) is 0 Å². The van der Waals surface area contributed by atoms with E-state index in [9.17, 15) is 9.59 Å². The van der Waals surface area contributed by atoms with Crippen LogP contribution in [0.25, 0.3) is 0 Å². The van der Waals surface area contributed by atoms with Crippen molar-refractivity contribution in [1.29, 1.82) is 0 Å². The third-order valence-electron chi connectivity index (χ3n) is 4.33. The first kappa shape index (κ1) is 13.4. The van der Waals surface area contributed by atoms with Gasteiger partial charge < -0.3 is 10.1 Å². The second kappa shape index (κ2) is 6.21. The summed E-state index contributed by atoms with van der Waals surface area (Å²) in [6.07, 6.45) is 7.94. The third-order valence-corrected chi connectivity index (χ3v) is 4.33. The molecular formula is C14H23NO3. The lowest BCUT2D eigenvalue weighted by Gasteiger charge is -2.28. The van der Waals surface area contributed by atoms with E-state index in [0.717, 1.165) is 38.5 Å². The molecule has 0 aromatic carbocycles. The molecule has 0 spiro atoms. The number of methoxy groups -OCH3 is 1. The molecule has 0 aliphatic heterocycles. The average Bonchev–Trinajstić information content (AvgIpc) is 2.92. The van der Waals surface area contributed by atoms with Crippen molar-refractivity contribution in [3.8, 4) is 0 Å². The number of hydrogen-bond donors (Lipinski definition) is 1. The molecule has 4 nitrogen and oxygen atoms in total. The Bertz CT molecular complexity index is 302. The van der Waals surface area contributed by atoms with Gasteiger partial charge in [-0.3, -0.25) is 9.59 Å². The molecule has 102 valence electrons. The Morgan fingerprint density at radius 1 is 0.944 bits per heavy atom. The molecule has 2 saturated carbocycles. The van der Waals surface area contributed by atoms with Crippen molar-refractivity contribution < 1.29 is 14.3 Å². The Kier molecular flexibility index (Phi) is 4.61. The molecule has 2 rings (SSSR count). The third kappa shape index (κ3) is 3.24. The van der Waals surface area contributed by atoms with Gasteiger partial charge in [0.2, 0.25) is 5.91 Å². The minimum atomic E-state index is -0.101. The molecule has 2 fully saturated rings. The Hall–Kier alpha value is -1.06. The lowest BCUT2D eigenvalue weighted by atomic mass is 9.86. The van der Waals surface area contributed by atoms with Crippen LogP contribution >= 0.6 is 0 Å². The standard InChI is InChI=1S/C14H23NO3/c1-18-14(17)11-6-8-12(9-7-11)15-13(16)10-4-2-3-5-10/h10-12H,2-9H2,1H3,(H,15,16). The van der Waals surface area contributed by atoms with E-state index in [0.29, 0.717) is 0 Å². The Labute approximate surface area is 108 Å². The van der Waals surface area contributed by atoms with E-state index >= 15 is 0 Å². The van der Waals surface area contributed by atoms with Gasteiger partial charge in [-0.05, 0) is 38.5 Å². The highest BCUT2D eigenvalue weighted by Crippen LogP contribution is 2.28. The van der Waals surface area contributed by atoms with Crippen LogP contribution in [-0.4, -0.2) is 25.0 Å². The minimum absolute atomic E-state index is 0.0367. The summed E-state index contributed by atoms with van der Waals surface area (Å²) in [7, 11) is 1.44. The van der Waals surface area contributed by atoms with Crippen LogP contribution in [0.1, 0.15) is 51.4 Å². The van der Waals surface area contributed by atoms with Gasteiger partial charge in [0.25, 0.3) is 0 Å². The van der Waals surface area contributed by atoms with Crippen LogP contribution in [0, 0.1) is 11.8 Å². The van der Waals surface area contributed by atoms with Crippen molar-refractivity contribution in [3.05, 3.63) is 0 Å². The SMILES string of the molecule is COC(=O)C1CCC(NC(=O)C2CCCC2)CC1. The van der Waals surface area contributed by atoms with E-state index in [1.807, 2.05) is 0 Å². The second-order valence-corrected chi connectivity index (χ2v) is 5.56. The molecule has 1 amide bonds. The van der Waals surface area contributed by atoms with E-state index in [2.05, 4.69) is 5.32 Å². The zero-order valence-electron chi connectivity index (χ0n) is 11.1. The molecule has 0 unspecified atom stereocenters. The monoisotopic (exact) mass is 253 g/mol. The molecule has 2 aliphatic carbocycles. The Morgan fingerprint density at radius 2 is 1.56 bits per heavy atom. The van der Waals surface area contributed by atoms with Gasteiger partial charge in [0.15, 0.2) is 0 Å². The number of nitrogens with one attached hydrogen (secondary N) is 1. The van der Waals surface area contributed by atoms with Crippen LogP contribution in [0.5, 0.6) is 0 Å². The molecule has 0 saturated heterocycles. The van der Waals surface area contributed by atoms with Gasteiger partial charge in [0.05, 0.1) is 13.0 Å². The average molecular weight is 253 g/mol. The largest absolute Gasteiger partial charge is 0.469 e. The topological polar surface area (TPSA) is 55.4 Å². The fraction of sp³-hybridized carbons (Fsp3) is 0.857. The summed E-state index contributed by atoms with van der Waals surface area (Å²) in [6.45, 7) is 0. The highest BCUT2D eigenvalue weighted by molar-refractivity contribution is 5.79. The number of carbonyl (C=O) groups excluding carboxylic acids is 2. The van der Waals surface area contributed by atoms with Crippen LogP contribution in [0.3, 0.4) is 0 Å². The first-order valence-corrected chi connectivity index (χ1v) is 7.09. The summed E-state index contributed by atoms with van der Waals surface area (Å²) >= 11 is 0. The number of esters is 1. The molecule has 18 heavy (non-hydrogen) atoms. The van der Waals surface area contributed by atoms with Crippen LogP contribution in [0.15, 0.2) is 0 Å². The smallest absolute Gasteiger partial charge is 0.308 e. The molecule has 0 aromatic heterocycles. The lowest BCUT2D eigenvalue weighted by molar-refractivity contribution is -0.146. The first-order chi connectivity index (χ1) is 8.70. The molecule has 0 bridgehead atoms. The molecule has 0 radical (unpaired) electrons.